The van der Waals surface area contributed by atoms with Gasteiger partial charge in [-0.3, -0.25) is 14.5 Å². The second-order valence-corrected chi connectivity index (χ2v) is 10.0. The van der Waals surface area contributed by atoms with Crippen LogP contribution in [0.4, 0.5) is 0 Å². The number of fused-ring (bicyclic) bond motifs is 1. The van der Waals surface area contributed by atoms with Gasteiger partial charge in [-0.2, -0.15) is 0 Å². The molecule has 12 nitrogen and oxygen atoms in total. The number of nitrogens with zero attached hydrogens (tertiary/aromatic N) is 7. The molecule has 0 spiro atoms. The number of imidazole rings is 1. The second kappa shape index (κ2) is 21.5. The van der Waals surface area contributed by atoms with E-state index in [4.69, 9.17) is 4.74 Å². The van der Waals surface area contributed by atoms with Crippen molar-refractivity contribution < 1.29 is 14.3 Å². The van der Waals surface area contributed by atoms with Crippen LogP contribution in [0.25, 0.3) is 17.7 Å². The van der Waals surface area contributed by atoms with Gasteiger partial charge in [-0.1, -0.05) is 32.4 Å². The van der Waals surface area contributed by atoms with Gasteiger partial charge in [-0.25, -0.2) is 15.0 Å². The third-order valence-corrected chi connectivity index (χ3v) is 6.95. The molecule has 4 fully saturated rings. The van der Waals surface area contributed by atoms with Crippen LogP contribution in [0.5, 0.6) is 0 Å². The van der Waals surface area contributed by atoms with E-state index in [1.807, 2.05) is 24.7 Å². The number of hydrogen-bond donors (Lipinski definition) is 2. The summed E-state index contributed by atoms with van der Waals surface area (Å²) in [6.07, 6.45) is 18.6. The zero-order valence-electron chi connectivity index (χ0n) is 26.0. The number of carbonyl (C=O) groups is 2. The van der Waals surface area contributed by atoms with Crippen molar-refractivity contribution in [2.24, 2.45) is 0 Å². The summed E-state index contributed by atoms with van der Waals surface area (Å²) in [5, 5.41) is 6.45. The van der Waals surface area contributed by atoms with Gasteiger partial charge in [-0.05, 0) is 31.7 Å². The molecule has 0 aromatic rings. The summed E-state index contributed by atoms with van der Waals surface area (Å²) in [7, 11) is 0. The number of nitrogens with one attached hydrogen (secondary N) is 2. The van der Waals surface area contributed by atoms with Crippen LogP contribution in [0.2, 0.25) is 0 Å². The predicted octanol–water partition coefficient (Wildman–Crippen LogP) is 2.97. The maximum Gasteiger partial charge on any atom is 0.233 e. The summed E-state index contributed by atoms with van der Waals surface area (Å²) in [6.45, 7) is 27.5. The molecule has 6 aliphatic heterocycles. The standard InChI is InChI=1S/C7H6N4.C7H13N.C6H12N2.C6H7NO2.C6H11NO/c1-2-11-3-6-7(10-5-11)9-4-8-6;1-2-8-6-4-3-5-7-8;1-2-8-5-3-7-4-6-8;1-2-7-5(8)3-4-6(7)9;1-2-6-5-7-3-4-8-6/h2-5H,1H2;2H,1,3-7H2;2,7H,1,3-6H2;2H,1,3-4H2;2,6-7H,1,3-5H2. The summed E-state index contributed by atoms with van der Waals surface area (Å²) in [6, 6.07) is 0. The second-order valence-electron chi connectivity index (χ2n) is 10.0. The Hall–Kier alpha value is -4.13. The van der Waals surface area contributed by atoms with Gasteiger partial charge in [0.25, 0.3) is 0 Å². The molecule has 6 rings (SSSR count). The van der Waals surface area contributed by atoms with Gasteiger partial charge >= 0.3 is 0 Å². The monoisotopic (exact) mass is 607 g/mol. The lowest BCUT2D eigenvalue weighted by Gasteiger charge is -2.24. The minimum absolute atomic E-state index is 0.144. The highest BCUT2D eigenvalue weighted by Gasteiger charge is 2.25. The minimum Gasteiger partial charge on any atom is -0.378 e. The molecular weight excluding hydrogens is 558 g/mol. The first kappa shape index (κ1) is 36.1. The zero-order chi connectivity index (χ0) is 32.0. The fourth-order valence-corrected chi connectivity index (χ4v) is 4.36. The van der Waals surface area contributed by atoms with E-state index in [0.29, 0.717) is 18.7 Å². The molecule has 44 heavy (non-hydrogen) atoms. The molecule has 0 bridgehead atoms. The van der Waals surface area contributed by atoms with E-state index in [1.54, 1.807) is 17.1 Å². The Kier molecular flexibility index (Phi) is 17.7. The van der Waals surface area contributed by atoms with Gasteiger partial charge in [-0.15, -0.1) is 6.58 Å². The van der Waals surface area contributed by atoms with Crippen molar-refractivity contribution in [3.63, 3.8) is 0 Å². The molecule has 240 valence electrons. The predicted molar refractivity (Wildman–Crippen MR) is 175 cm³/mol. The van der Waals surface area contributed by atoms with Crippen molar-refractivity contribution in [2.45, 2.75) is 38.2 Å². The number of piperidine rings is 1. The Balaban J connectivity index is 0.000000193. The van der Waals surface area contributed by atoms with Crippen molar-refractivity contribution in [2.75, 3.05) is 59.0 Å². The van der Waals surface area contributed by atoms with Gasteiger partial charge in [0, 0.05) is 83.8 Å². The average molecular weight is 608 g/mol. The Morgan fingerprint density at radius 3 is 1.89 bits per heavy atom. The number of imide groups is 1. The van der Waals surface area contributed by atoms with E-state index < -0.39 is 0 Å². The number of morpholine rings is 1. The van der Waals surface area contributed by atoms with Gasteiger partial charge in [0.15, 0.2) is 5.82 Å². The highest BCUT2D eigenvalue weighted by Crippen LogP contribution is 2.11. The van der Waals surface area contributed by atoms with Gasteiger partial charge in [0.1, 0.15) is 18.3 Å². The van der Waals surface area contributed by atoms with E-state index in [2.05, 4.69) is 68.3 Å². The summed E-state index contributed by atoms with van der Waals surface area (Å²) in [4.78, 5) is 38.8. The highest BCUT2D eigenvalue weighted by atomic mass is 16.5. The zero-order valence-corrected chi connectivity index (χ0v) is 26.0. The lowest BCUT2D eigenvalue weighted by molar-refractivity contribution is -0.135. The number of hydrogen-bond acceptors (Lipinski definition) is 10. The van der Waals surface area contributed by atoms with Crippen LogP contribution in [0.1, 0.15) is 32.1 Å². The molecular formula is C32H49N9O3. The maximum absolute atomic E-state index is 10.6. The van der Waals surface area contributed by atoms with Gasteiger partial charge in [0.05, 0.1) is 12.7 Å². The fourth-order valence-electron chi connectivity index (χ4n) is 4.36. The normalized spacial score (nSPS) is 19.4. The average Bonchev–Trinajstić information content (AvgIpc) is 3.71. The summed E-state index contributed by atoms with van der Waals surface area (Å²) in [5.41, 5.74) is 0.785. The summed E-state index contributed by atoms with van der Waals surface area (Å²) >= 11 is 0. The van der Waals surface area contributed by atoms with E-state index in [9.17, 15) is 9.59 Å². The molecule has 0 aliphatic carbocycles. The molecule has 1 unspecified atom stereocenters. The topological polar surface area (TPSA) is 121 Å². The summed E-state index contributed by atoms with van der Waals surface area (Å²) < 4.78 is 6.98. The Bertz CT molecular complexity index is 1070. The number of aromatic nitrogens is 4. The molecule has 1 atom stereocenters. The molecule has 4 saturated heterocycles. The minimum atomic E-state index is -0.144. The fraction of sp³-hybridized carbons (Fsp3) is 0.469. The Morgan fingerprint density at radius 1 is 0.773 bits per heavy atom. The first-order valence-electron chi connectivity index (χ1n) is 15.1. The number of piperazine rings is 1. The van der Waals surface area contributed by atoms with Gasteiger partial charge < -0.3 is 29.7 Å². The van der Waals surface area contributed by atoms with Crippen molar-refractivity contribution in [1.82, 2.24) is 44.9 Å². The van der Waals surface area contributed by atoms with Crippen LogP contribution in [-0.4, -0.2) is 111 Å². The number of carbonyl (C=O) groups excluding carboxylic acids is 2. The van der Waals surface area contributed by atoms with Crippen LogP contribution >= 0.6 is 0 Å². The van der Waals surface area contributed by atoms with Crippen LogP contribution in [0.15, 0.2) is 76.4 Å². The molecule has 0 radical (unpaired) electrons. The number of likely N-dealkylation sites (tertiary alicyclic amines) is 2. The molecule has 0 aromatic heterocycles. The molecule has 2 N–H and O–H groups in total. The van der Waals surface area contributed by atoms with Crippen LogP contribution in [0, 0.1) is 0 Å². The first-order chi connectivity index (χ1) is 21.4. The molecule has 6 aliphatic rings. The van der Waals surface area contributed by atoms with Crippen molar-refractivity contribution in [1.29, 1.82) is 0 Å². The maximum atomic E-state index is 10.6. The smallest absolute Gasteiger partial charge is 0.233 e. The van der Waals surface area contributed by atoms with Crippen molar-refractivity contribution in [3.05, 3.63) is 76.4 Å². The van der Waals surface area contributed by atoms with E-state index in [0.717, 1.165) is 56.5 Å². The van der Waals surface area contributed by atoms with E-state index in [-0.39, 0.29) is 17.9 Å². The number of rotatable bonds is 5. The number of ether oxygens (including phenoxy) is 1. The van der Waals surface area contributed by atoms with Crippen molar-refractivity contribution in [3.8, 4) is 11.5 Å². The SMILES string of the molecule is C=CC1CNCCO1.C=CN1C(=O)CCC1=O.C=CN1CCCCC1.C=CN1CCNCC1.C=Cn1cnc2ncnc-2c1. The van der Waals surface area contributed by atoms with Crippen LogP contribution in [0.3, 0.4) is 0 Å². The lowest BCUT2D eigenvalue weighted by atomic mass is 10.1. The highest BCUT2D eigenvalue weighted by molar-refractivity contribution is 6.02. The van der Waals surface area contributed by atoms with E-state index in [1.165, 1.54) is 44.9 Å². The largest absolute Gasteiger partial charge is 0.378 e. The number of amides is 2. The lowest BCUT2D eigenvalue weighted by Crippen LogP contribution is -2.40. The third-order valence-electron chi connectivity index (χ3n) is 6.95. The molecule has 0 aromatic carbocycles. The Labute approximate surface area is 262 Å². The summed E-state index contributed by atoms with van der Waals surface area (Å²) in [5.74, 6) is 0.383. The molecule has 0 saturated carbocycles. The third kappa shape index (κ3) is 13.4. The van der Waals surface area contributed by atoms with E-state index >= 15 is 0 Å². The van der Waals surface area contributed by atoms with Crippen LogP contribution < -0.4 is 10.6 Å². The molecule has 6 heterocycles. The van der Waals surface area contributed by atoms with Gasteiger partial charge in [0.2, 0.25) is 11.8 Å². The van der Waals surface area contributed by atoms with Crippen LogP contribution in [-0.2, 0) is 14.3 Å². The van der Waals surface area contributed by atoms with Crippen molar-refractivity contribution >= 4 is 18.0 Å². The molecule has 2 amide bonds. The molecule has 12 heteroatoms. The Morgan fingerprint density at radius 2 is 1.43 bits per heavy atom. The first-order valence-corrected chi connectivity index (χ1v) is 15.1. The quantitative estimate of drug-likeness (QED) is 0.388.